The van der Waals surface area contributed by atoms with Gasteiger partial charge in [-0.1, -0.05) is 0 Å². The Hall–Kier alpha value is -4.62. The number of hydrogen-bond acceptors (Lipinski definition) is 8. The maximum atomic E-state index is 12.6. The molecule has 1 amide bonds. The van der Waals surface area contributed by atoms with Gasteiger partial charge in [0.15, 0.2) is 11.5 Å². The Balaban J connectivity index is 1.36. The largest absolute Gasteiger partial charge is 0.480 e. The minimum Gasteiger partial charge on any atom is -0.480 e. The van der Waals surface area contributed by atoms with Crippen molar-refractivity contribution >= 4 is 29.0 Å². The van der Waals surface area contributed by atoms with E-state index in [-0.39, 0.29) is 44.6 Å². The number of aryl methyl sites for hydroxylation is 1. The van der Waals surface area contributed by atoms with Crippen molar-refractivity contribution in [1.29, 1.82) is 0 Å². The van der Waals surface area contributed by atoms with Gasteiger partial charge in [0.05, 0.1) is 31.7 Å². The van der Waals surface area contributed by atoms with Gasteiger partial charge in [0.1, 0.15) is 12.4 Å². The number of carboxylic acid groups (broad SMARTS) is 1. The van der Waals surface area contributed by atoms with Crippen molar-refractivity contribution in [2.24, 2.45) is 0 Å². The monoisotopic (exact) mass is 555 g/mol. The molecular formula is C27H27F2N5O6. The zero-order valence-electron chi connectivity index (χ0n) is 21.5. The Morgan fingerprint density at radius 2 is 1.82 bits per heavy atom. The number of aromatic nitrogens is 3. The van der Waals surface area contributed by atoms with E-state index in [1.54, 1.807) is 42.9 Å². The highest BCUT2D eigenvalue weighted by molar-refractivity contribution is 5.96. The molecule has 2 heterocycles. The molecule has 0 bridgehead atoms. The van der Waals surface area contributed by atoms with E-state index in [2.05, 4.69) is 25.3 Å². The van der Waals surface area contributed by atoms with Gasteiger partial charge in [-0.3, -0.25) is 9.20 Å². The maximum absolute atomic E-state index is 12.6. The average molecular weight is 556 g/mol. The number of hydrogen-bond donors (Lipinski definition) is 3. The molecule has 0 radical (unpaired) electrons. The van der Waals surface area contributed by atoms with Crippen molar-refractivity contribution < 1.29 is 37.7 Å². The summed E-state index contributed by atoms with van der Waals surface area (Å²) in [6.45, 7) is -0.523. The molecule has 0 aliphatic carbocycles. The van der Waals surface area contributed by atoms with Gasteiger partial charge in [0.2, 0.25) is 0 Å². The summed E-state index contributed by atoms with van der Waals surface area (Å²) in [6.07, 6.45) is 5.03. The lowest BCUT2D eigenvalue weighted by Gasteiger charge is -2.12. The minimum atomic E-state index is -2.89. The van der Waals surface area contributed by atoms with Crippen molar-refractivity contribution in [2.45, 2.75) is 13.5 Å². The van der Waals surface area contributed by atoms with Gasteiger partial charge < -0.3 is 30.0 Å². The number of nitrogens with zero attached hydrogens (tertiary/aromatic N) is 3. The van der Waals surface area contributed by atoms with Crippen LogP contribution in [0.15, 0.2) is 61.1 Å². The Labute approximate surface area is 227 Å². The summed E-state index contributed by atoms with van der Waals surface area (Å²) in [5, 5.41) is 14.5. The highest BCUT2D eigenvalue weighted by Crippen LogP contribution is 2.27. The maximum Gasteiger partial charge on any atom is 0.387 e. The summed E-state index contributed by atoms with van der Waals surface area (Å²) in [4.78, 5) is 31.8. The molecular weight excluding hydrogens is 528 g/mol. The summed E-state index contributed by atoms with van der Waals surface area (Å²) >= 11 is 0. The zero-order chi connectivity index (χ0) is 28.5. The second-order valence-electron chi connectivity index (χ2n) is 8.49. The van der Waals surface area contributed by atoms with Gasteiger partial charge in [-0.25, -0.2) is 14.8 Å². The second-order valence-corrected chi connectivity index (χ2v) is 8.49. The number of amides is 1. The van der Waals surface area contributed by atoms with Gasteiger partial charge in [0.25, 0.3) is 5.91 Å². The topological polar surface area (TPSA) is 136 Å². The number of imidazole rings is 1. The fraction of sp³-hybridized carbons (Fsp3) is 0.259. The molecule has 0 saturated heterocycles. The molecule has 4 aromatic rings. The second kappa shape index (κ2) is 13.4. The number of alkyl halides is 2. The smallest absolute Gasteiger partial charge is 0.387 e. The Kier molecular flexibility index (Phi) is 9.54. The van der Waals surface area contributed by atoms with Crippen LogP contribution in [0.5, 0.6) is 5.75 Å². The van der Waals surface area contributed by atoms with Crippen molar-refractivity contribution in [1.82, 2.24) is 19.7 Å². The molecule has 0 aliphatic heterocycles. The first-order chi connectivity index (χ1) is 19.3. The number of carboxylic acids is 1. The van der Waals surface area contributed by atoms with Crippen LogP contribution in [0.1, 0.15) is 15.9 Å². The van der Waals surface area contributed by atoms with E-state index in [9.17, 15) is 18.4 Å². The van der Waals surface area contributed by atoms with E-state index in [1.165, 1.54) is 12.1 Å². The zero-order valence-corrected chi connectivity index (χ0v) is 21.5. The molecule has 13 heteroatoms. The van der Waals surface area contributed by atoms with Crippen LogP contribution < -0.4 is 15.4 Å². The van der Waals surface area contributed by atoms with Crippen molar-refractivity contribution in [3.05, 3.63) is 72.2 Å². The first kappa shape index (κ1) is 28.4. The van der Waals surface area contributed by atoms with E-state index in [0.29, 0.717) is 22.7 Å². The summed E-state index contributed by atoms with van der Waals surface area (Å²) in [6, 6.07) is 11.6. The number of ether oxygens (including phenoxy) is 3. The third-order valence-electron chi connectivity index (χ3n) is 5.67. The predicted molar refractivity (Wildman–Crippen MR) is 141 cm³/mol. The number of halogens is 2. The third kappa shape index (κ3) is 7.48. The summed E-state index contributed by atoms with van der Waals surface area (Å²) < 4.78 is 41.3. The highest BCUT2D eigenvalue weighted by atomic mass is 19.3. The minimum absolute atomic E-state index is 0.0671. The molecule has 4 rings (SSSR count). The van der Waals surface area contributed by atoms with Crippen molar-refractivity contribution in [2.75, 3.05) is 38.3 Å². The molecule has 2 aromatic heterocycles. The van der Waals surface area contributed by atoms with Crippen molar-refractivity contribution in [3.63, 3.8) is 0 Å². The normalized spacial score (nSPS) is 11.1. The molecule has 11 nitrogen and oxygen atoms in total. The van der Waals surface area contributed by atoms with Gasteiger partial charge in [-0.05, 0) is 55.0 Å². The molecule has 3 N–H and O–H groups in total. The number of benzene rings is 2. The SMILES string of the molecule is Cc1cc(Nc2nccn3c(-c4ccc(OC(F)F)cc4)cnc23)ccc1C(=O)NCCOCCOCC(=O)O. The number of anilines is 2. The quantitative estimate of drug-likeness (QED) is 0.198. The molecule has 0 unspecified atom stereocenters. The summed E-state index contributed by atoms with van der Waals surface area (Å²) in [7, 11) is 0. The molecule has 0 spiro atoms. The van der Waals surface area contributed by atoms with Crippen LogP contribution in [0.2, 0.25) is 0 Å². The van der Waals surface area contributed by atoms with Crippen molar-refractivity contribution in [3.8, 4) is 17.0 Å². The van der Waals surface area contributed by atoms with Crippen LogP contribution in [0.4, 0.5) is 20.3 Å². The van der Waals surface area contributed by atoms with Crippen LogP contribution >= 0.6 is 0 Å². The first-order valence-corrected chi connectivity index (χ1v) is 12.2. The lowest BCUT2D eigenvalue weighted by molar-refractivity contribution is -0.142. The van der Waals surface area contributed by atoms with Crippen LogP contribution in [-0.2, 0) is 14.3 Å². The van der Waals surface area contributed by atoms with E-state index in [0.717, 1.165) is 16.8 Å². The van der Waals surface area contributed by atoms with Crippen LogP contribution in [0.25, 0.3) is 16.9 Å². The summed E-state index contributed by atoms with van der Waals surface area (Å²) in [5.41, 5.74) is 4.01. The molecule has 40 heavy (non-hydrogen) atoms. The van der Waals surface area contributed by atoms with Crippen LogP contribution in [0.3, 0.4) is 0 Å². The standard InChI is InChI=1S/C27H27F2N5O6/c1-17-14-19(4-7-21(17)26(37)31-9-11-38-12-13-39-16-23(35)36)33-24-25-32-15-22(34(25)10-8-30-24)18-2-5-20(6-3-18)40-27(28)29/h2-8,10,14-15,27H,9,11-13,16H2,1H3,(H,30,33)(H,31,37)(H,35,36). The van der Waals surface area contributed by atoms with E-state index in [4.69, 9.17) is 14.6 Å². The number of fused-ring (bicyclic) bond motifs is 1. The molecule has 0 atom stereocenters. The number of carbonyl (C=O) groups is 2. The van der Waals surface area contributed by atoms with Gasteiger partial charge in [-0.15, -0.1) is 0 Å². The highest BCUT2D eigenvalue weighted by Gasteiger charge is 2.13. The number of aliphatic carboxylic acids is 1. The van der Waals surface area contributed by atoms with E-state index >= 15 is 0 Å². The number of nitrogens with one attached hydrogen (secondary N) is 2. The number of rotatable bonds is 14. The third-order valence-corrected chi connectivity index (χ3v) is 5.67. The Morgan fingerprint density at radius 3 is 2.55 bits per heavy atom. The van der Waals surface area contributed by atoms with Crippen LogP contribution in [-0.4, -0.2) is 70.9 Å². The average Bonchev–Trinajstić information content (AvgIpc) is 3.35. The first-order valence-electron chi connectivity index (χ1n) is 12.2. The lowest BCUT2D eigenvalue weighted by atomic mass is 10.1. The van der Waals surface area contributed by atoms with E-state index in [1.807, 2.05) is 17.4 Å². The van der Waals surface area contributed by atoms with E-state index < -0.39 is 12.6 Å². The molecule has 0 aliphatic rings. The molecule has 0 saturated carbocycles. The Morgan fingerprint density at radius 1 is 1.05 bits per heavy atom. The molecule has 210 valence electrons. The van der Waals surface area contributed by atoms with Gasteiger partial charge >= 0.3 is 12.6 Å². The Bertz CT molecular complexity index is 1460. The fourth-order valence-electron chi connectivity index (χ4n) is 3.87. The summed E-state index contributed by atoms with van der Waals surface area (Å²) in [5.74, 6) is -0.735. The molecule has 2 aromatic carbocycles. The van der Waals surface area contributed by atoms with Gasteiger partial charge in [0, 0.05) is 35.8 Å². The lowest BCUT2D eigenvalue weighted by Crippen LogP contribution is -2.28. The number of carbonyl (C=O) groups excluding carboxylic acids is 1. The fourth-order valence-corrected chi connectivity index (χ4v) is 3.87. The predicted octanol–water partition coefficient (Wildman–Crippen LogP) is 3.90. The van der Waals surface area contributed by atoms with Crippen LogP contribution in [0, 0.1) is 6.92 Å². The van der Waals surface area contributed by atoms with Gasteiger partial charge in [-0.2, -0.15) is 8.78 Å². The molecule has 0 fully saturated rings.